The molecule has 1 atom stereocenters. The van der Waals surface area contributed by atoms with Gasteiger partial charge < -0.3 is 9.73 Å². The molecular formula is C18H15N3O3S. The summed E-state index contributed by atoms with van der Waals surface area (Å²) in [6.07, 6.45) is 1.61. The third-order valence-corrected chi connectivity index (χ3v) is 5.12. The van der Waals surface area contributed by atoms with E-state index in [1.54, 1.807) is 13.1 Å². The quantitative estimate of drug-likeness (QED) is 0.730. The maximum Gasteiger partial charge on any atom is 0.325 e. The fourth-order valence-electron chi connectivity index (χ4n) is 2.86. The summed E-state index contributed by atoms with van der Waals surface area (Å²) in [5, 5.41) is 4.72. The smallest absolute Gasteiger partial charge is 0.325 e. The number of imide groups is 1. The molecule has 7 heteroatoms. The number of aromatic nitrogens is 1. The van der Waals surface area contributed by atoms with Crippen LogP contribution >= 0.6 is 11.3 Å². The zero-order valence-electron chi connectivity index (χ0n) is 13.4. The van der Waals surface area contributed by atoms with Gasteiger partial charge in [-0.15, -0.1) is 11.3 Å². The molecule has 1 fully saturated rings. The number of thiophene rings is 1. The van der Waals surface area contributed by atoms with Crippen LogP contribution in [-0.2, 0) is 16.9 Å². The molecule has 0 radical (unpaired) electrons. The Morgan fingerprint density at radius 2 is 2.00 bits per heavy atom. The van der Waals surface area contributed by atoms with E-state index in [1.807, 2.05) is 47.8 Å². The molecule has 3 amide bonds. The molecule has 1 aromatic carbocycles. The van der Waals surface area contributed by atoms with Crippen molar-refractivity contribution in [1.82, 2.24) is 15.2 Å². The van der Waals surface area contributed by atoms with Crippen molar-refractivity contribution in [2.45, 2.75) is 19.0 Å². The fraction of sp³-hybridized carbons (Fsp3) is 0.167. The van der Waals surface area contributed by atoms with E-state index in [0.29, 0.717) is 11.7 Å². The van der Waals surface area contributed by atoms with Crippen molar-refractivity contribution in [2.24, 2.45) is 0 Å². The van der Waals surface area contributed by atoms with E-state index in [2.05, 4.69) is 10.3 Å². The Kier molecular flexibility index (Phi) is 3.65. The lowest BCUT2D eigenvalue weighted by atomic mass is 9.92. The molecule has 126 valence electrons. The van der Waals surface area contributed by atoms with Gasteiger partial charge in [0.05, 0.1) is 11.1 Å². The molecule has 25 heavy (non-hydrogen) atoms. The normalized spacial score (nSPS) is 20.1. The Morgan fingerprint density at radius 1 is 1.20 bits per heavy atom. The lowest BCUT2D eigenvalue weighted by Gasteiger charge is -2.21. The highest BCUT2D eigenvalue weighted by Gasteiger charge is 2.49. The van der Waals surface area contributed by atoms with Gasteiger partial charge in [-0.1, -0.05) is 36.4 Å². The van der Waals surface area contributed by atoms with Crippen molar-refractivity contribution in [3.8, 4) is 10.6 Å². The molecule has 0 saturated carbocycles. The standard InChI is InChI=1S/C18H15N3O3S/c1-18(12-6-3-2-4-7-12)16(22)21(17(23)20-18)11-15-19-10-13(24-15)14-8-5-9-25-14/h2-10H,11H2,1H3,(H,20,23). The van der Waals surface area contributed by atoms with Crippen molar-refractivity contribution in [3.05, 3.63) is 65.5 Å². The van der Waals surface area contributed by atoms with E-state index >= 15 is 0 Å². The molecule has 3 aromatic rings. The number of urea groups is 1. The largest absolute Gasteiger partial charge is 0.438 e. The van der Waals surface area contributed by atoms with Gasteiger partial charge in [-0.25, -0.2) is 9.78 Å². The van der Waals surface area contributed by atoms with E-state index in [0.717, 1.165) is 15.3 Å². The second-order valence-electron chi connectivity index (χ2n) is 5.91. The molecule has 6 nitrogen and oxygen atoms in total. The van der Waals surface area contributed by atoms with Crippen molar-refractivity contribution in [3.63, 3.8) is 0 Å². The Hall–Kier alpha value is -2.93. The van der Waals surface area contributed by atoms with Crippen molar-refractivity contribution in [2.75, 3.05) is 0 Å². The number of carbonyl (C=O) groups excluding carboxylic acids is 2. The minimum atomic E-state index is -1.08. The Morgan fingerprint density at radius 3 is 2.72 bits per heavy atom. The average Bonchev–Trinajstić information content (AvgIpc) is 3.34. The third kappa shape index (κ3) is 2.62. The molecule has 1 aliphatic heterocycles. The number of hydrogen-bond donors (Lipinski definition) is 1. The first-order valence-electron chi connectivity index (χ1n) is 7.76. The van der Waals surface area contributed by atoms with Crippen LogP contribution in [0.2, 0.25) is 0 Å². The van der Waals surface area contributed by atoms with E-state index in [-0.39, 0.29) is 12.5 Å². The van der Waals surface area contributed by atoms with Gasteiger partial charge in [0.25, 0.3) is 5.91 Å². The maximum atomic E-state index is 12.9. The van der Waals surface area contributed by atoms with Crippen LogP contribution in [-0.4, -0.2) is 21.8 Å². The summed E-state index contributed by atoms with van der Waals surface area (Å²) < 4.78 is 5.69. The number of oxazole rings is 1. The van der Waals surface area contributed by atoms with Crippen LogP contribution < -0.4 is 5.32 Å². The highest BCUT2D eigenvalue weighted by Crippen LogP contribution is 2.30. The van der Waals surface area contributed by atoms with Gasteiger partial charge >= 0.3 is 6.03 Å². The second-order valence-corrected chi connectivity index (χ2v) is 6.86. The molecule has 0 spiro atoms. The van der Waals surface area contributed by atoms with Crippen molar-refractivity contribution >= 4 is 23.3 Å². The number of benzene rings is 1. The number of hydrogen-bond acceptors (Lipinski definition) is 5. The predicted octanol–water partition coefficient (Wildman–Crippen LogP) is 3.37. The first-order valence-corrected chi connectivity index (χ1v) is 8.64. The summed E-state index contributed by atoms with van der Waals surface area (Å²) in [5.74, 6) is 0.631. The first kappa shape index (κ1) is 15.6. The van der Waals surface area contributed by atoms with Crippen LogP contribution in [0.1, 0.15) is 18.4 Å². The number of rotatable bonds is 4. The van der Waals surface area contributed by atoms with Gasteiger partial charge in [-0.3, -0.25) is 9.69 Å². The predicted molar refractivity (Wildman–Crippen MR) is 92.7 cm³/mol. The molecule has 1 N–H and O–H groups in total. The van der Waals surface area contributed by atoms with Crippen LogP contribution in [0.4, 0.5) is 4.79 Å². The molecule has 2 aromatic heterocycles. The number of carbonyl (C=O) groups is 2. The van der Waals surface area contributed by atoms with E-state index < -0.39 is 11.6 Å². The number of nitrogens with zero attached hydrogens (tertiary/aromatic N) is 2. The maximum absolute atomic E-state index is 12.9. The zero-order valence-corrected chi connectivity index (χ0v) is 14.2. The van der Waals surface area contributed by atoms with Gasteiger partial charge in [0.15, 0.2) is 5.76 Å². The molecule has 1 aliphatic rings. The fourth-order valence-corrected chi connectivity index (χ4v) is 3.53. The van der Waals surface area contributed by atoms with Crippen LogP contribution in [0.3, 0.4) is 0 Å². The van der Waals surface area contributed by atoms with Crippen LogP contribution in [0, 0.1) is 0 Å². The van der Waals surface area contributed by atoms with Crippen molar-refractivity contribution < 1.29 is 14.0 Å². The first-order chi connectivity index (χ1) is 12.1. The Balaban J connectivity index is 1.57. The third-order valence-electron chi connectivity index (χ3n) is 4.24. The number of nitrogens with one attached hydrogen (secondary N) is 1. The zero-order chi connectivity index (χ0) is 17.4. The Labute approximate surface area is 148 Å². The summed E-state index contributed by atoms with van der Waals surface area (Å²) in [6.45, 7) is 1.70. The van der Waals surface area contributed by atoms with Gasteiger partial charge in [0, 0.05) is 0 Å². The van der Waals surface area contributed by atoms with Crippen molar-refractivity contribution in [1.29, 1.82) is 0 Å². The minimum Gasteiger partial charge on any atom is -0.438 e. The lowest BCUT2D eigenvalue weighted by Crippen LogP contribution is -2.40. The highest BCUT2D eigenvalue weighted by molar-refractivity contribution is 7.13. The van der Waals surface area contributed by atoms with E-state index in [9.17, 15) is 9.59 Å². The summed E-state index contributed by atoms with van der Waals surface area (Å²) >= 11 is 1.54. The highest BCUT2D eigenvalue weighted by atomic mass is 32.1. The summed E-state index contributed by atoms with van der Waals surface area (Å²) in [6, 6.07) is 12.6. The topological polar surface area (TPSA) is 75.4 Å². The molecule has 3 heterocycles. The number of amides is 3. The average molecular weight is 353 g/mol. The SMILES string of the molecule is CC1(c2ccccc2)NC(=O)N(Cc2ncc(-c3cccs3)o2)C1=O. The van der Waals surface area contributed by atoms with Crippen LogP contribution in [0.25, 0.3) is 10.6 Å². The van der Waals surface area contributed by atoms with E-state index in [4.69, 9.17) is 4.42 Å². The molecule has 1 saturated heterocycles. The Bertz CT molecular complexity index is 920. The molecule has 1 unspecified atom stereocenters. The van der Waals surface area contributed by atoms with Crippen LogP contribution in [0.5, 0.6) is 0 Å². The monoisotopic (exact) mass is 353 g/mol. The summed E-state index contributed by atoms with van der Waals surface area (Å²) in [5.41, 5.74) is -0.343. The van der Waals surface area contributed by atoms with Crippen LogP contribution in [0.15, 0.2) is 58.5 Å². The lowest BCUT2D eigenvalue weighted by molar-refractivity contribution is -0.131. The van der Waals surface area contributed by atoms with Gasteiger partial charge in [0.1, 0.15) is 12.1 Å². The summed E-state index contributed by atoms with van der Waals surface area (Å²) in [7, 11) is 0. The summed E-state index contributed by atoms with van der Waals surface area (Å²) in [4.78, 5) is 31.5. The molecule has 0 bridgehead atoms. The molecular weight excluding hydrogens is 338 g/mol. The molecule has 4 rings (SSSR count). The van der Waals surface area contributed by atoms with Gasteiger partial charge in [-0.2, -0.15) is 0 Å². The second kappa shape index (κ2) is 5.86. The molecule has 0 aliphatic carbocycles. The van der Waals surface area contributed by atoms with Gasteiger partial charge in [-0.05, 0) is 23.9 Å². The minimum absolute atomic E-state index is 0.00152. The van der Waals surface area contributed by atoms with E-state index in [1.165, 1.54) is 11.3 Å². The van der Waals surface area contributed by atoms with Gasteiger partial charge in [0.2, 0.25) is 5.89 Å².